The van der Waals surface area contributed by atoms with Gasteiger partial charge in [-0.15, -0.1) is 5.10 Å². The Hall–Kier alpha value is -3.40. The van der Waals surface area contributed by atoms with Crippen molar-refractivity contribution in [1.82, 2.24) is 24.2 Å². The number of carbonyl (C=O) groups excluding carboxylic acids is 2. The fourth-order valence-corrected chi connectivity index (χ4v) is 4.47. The van der Waals surface area contributed by atoms with E-state index >= 15 is 0 Å². The first-order chi connectivity index (χ1) is 15.7. The van der Waals surface area contributed by atoms with Gasteiger partial charge in [0.2, 0.25) is 0 Å². The second-order valence-corrected chi connectivity index (χ2v) is 8.46. The van der Waals surface area contributed by atoms with Crippen LogP contribution in [-0.4, -0.2) is 43.3 Å². The molecule has 1 aromatic carbocycles. The standard InChI is InChI=1S/C22H24ClFN6O3/c1-12-18-14(19(29(12)3)20(31)26-13-8-9-16(24)15(23)10-13)6-5-7-17(18)30(4)22(32)33-21-25-11-28(2)27-21/h8-11,17H,5-7H2,1-4H3,(H,26,31). The van der Waals surface area contributed by atoms with E-state index in [0.29, 0.717) is 17.8 Å². The molecule has 0 radical (unpaired) electrons. The van der Waals surface area contributed by atoms with Crippen molar-refractivity contribution in [3.05, 3.63) is 57.9 Å². The summed E-state index contributed by atoms with van der Waals surface area (Å²) >= 11 is 5.85. The van der Waals surface area contributed by atoms with E-state index in [1.165, 1.54) is 34.1 Å². The molecule has 3 aromatic rings. The molecule has 0 aliphatic heterocycles. The minimum Gasteiger partial charge on any atom is -0.373 e. The number of fused-ring (bicyclic) bond motifs is 1. The zero-order valence-electron chi connectivity index (χ0n) is 18.7. The molecule has 0 fully saturated rings. The number of anilines is 1. The maximum atomic E-state index is 13.5. The van der Waals surface area contributed by atoms with Crippen LogP contribution in [0.5, 0.6) is 6.01 Å². The second-order valence-electron chi connectivity index (χ2n) is 8.06. The Kier molecular flexibility index (Phi) is 6.11. The van der Waals surface area contributed by atoms with Crippen LogP contribution in [0.25, 0.3) is 0 Å². The molecular formula is C22H24ClFN6O3. The van der Waals surface area contributed by atoms with Gasteiger partial charge in [-0.05, 0) is 55.5 Å². The number of benzene rings is 1. The first-order valence-corrected chi connectivity index (χ1v) is 10.8. The fraction of sp³-hybridized carbons (Fsp3) is 0.364. The van der Waals surface area contributed by atoms with Gasteiger partial charge in [-0.25, -0.2) is 9.18 Å². The molecule has 11 heteroatoms. The molecule has 2 amide bonds. The predicted molar refractivity (Wildman–Crippen MR) is 120 cm³/mol. The van der Waals surface area contributed by atoms with Crippen LogP contribution in [0.4, 0.5) is 14.9 Å². The number of aryl methyl sites for hydroxylation is 1. The van der Waals surface area contributed by atoms with Crippen molar-refractivity contribution in [3.8, 4) is 6.01 Å². The van der Waals surface area contributed by atoms with Gasteiger partial charge < -0.3 is 19.5 Å². The summed E-state index contributed by atoms with van der Waals surface area (Å²) < 4.78 is 22.0. The van der Waals surface area contributed by atoms with Crippen molar-refractivity contribution in [2.75, 3.05) is 12.4 Å². The summed E-state index contributed by atoms with van der Waals surface area (Å²) in [6.45, 7) is 1.92. The maximum absolute atomic E-state index is 13.5. The molecule has 1 atom stereocenters. The number of nitrogens with zero attached hydrogens (tertiary/aromatic N) is 5. The van der Waals surface area contributed by atoms with Crippen LogP contribution < -0.4 is 10.1 Å². The number of ether oxygens (including phenoxy) is 1. The summed E-state index contributed by atoms with van der Waals surface area (Å²) in [4.78, 5) is 31.4. The monoisotopic (exact) mass is 474 g/mol. The average Bonchev–Trinajstić information content (AvgIpc) is 3.30. The van der Waals surface area contributed by atoms with Gasteiger partial charge in [0.25, 0.3) is 5.91 Å². The van der Waals surface area contributed by atoms with E-state index in [-0.39, 0.29) is 23.0 Å². The van der Waals surface area contributed by atoms with Gasteiger partial charge in [0, 0.05) is 32.5 Å². The Balaban J connectivity index is 1.61. The molecule has 33 heavy (non-hydrogen) atoms. The second kappa shape index (κ2) is 8.86. The first kappa shape index (κ1) is 22.8. The summed E-state index contributed by atoms with van der Waals surface area (Å²) in [5.74, 6) is -0.881. The van der Waals surface area contributed by atoms with Gasteiger partial charge in [0.1, 0.15) is 17.8 Å². The molecule has 174 valence electrons. The SMILES string of the molecule is Cc1c2c(c(C(=O)Nc3ccc(F)c(Cl)c3)n1C)CCCC2N(C)C(=O)Oc1ncn(C)n1. The number of hydrogen-bond acceptors (Lipinski definition) is 5. The summed E-state index contributed by atoms with van der Waals surface area (Å²) in [7, 11) is 5.16. The van der Waals surface area contributed by atoms with E-state index in [2.05, 4.69) is 15.4 Å². The molecule has 2 heterocycles. The van der Waals surface area contributed by atoms with Crippen molar-refractivity contribution in [2.45, 2.75) is 32.2 Å². The Bertz CT molecular complexity index is 1240. The largest absolute Gasteiger partial charge is 0.417 e. The van der Waals surface area contributed by atoms with Crippen LogP contribution in [0, 0.1) is 12.7 Å². The minimum atomic E-state index is -0.575. The molecule has 0 saturated carbocycles. The third-order valence-electron chi connectivity index (χ3n) is 5.98. The molecule has 1 aliphatic rings. The molecule has 9 nitrogen and oxygen atoms in total. The molecular weight excluding hydrogens is 451 g/mol. The van der Waals surface area contributed by atoms with Crippen molar-refractivity contribution in [2.24, 2.45) is 14.1 Å². The molecule has 1 aliphatic carbocycles. The molecule has 0 saturated heterocycles. The number of hydrogen-bond donors (Lipinski definition) is 1. The number of amides is 2. The number of rotatable bonds is 4. The van der Waals surface area contributed by atoms with E-state index in [0.717, 1.165) is 29.7 Å². The number of halogens is 2. The van der Waals surface area contributed by atoms with E-state index in [1.807, 2.05) is 18.5 Å². The maximum Gasteiger partial charge on any atom is 0.417 e. The lowest BCUT2D eigenvalue weighted by Crippen LogP contribution is -2.35. The van der Waals surface area contributed by atoms with Crippen molar-refractivity contribution < 1.29 is 18.7 Å². The number of nitrogens with one attached hydrogen (secondary N) is 1. The van der Waals surface area contributed by atoms with Crippen LogP contribution in [0.3, 0.4) is 0 Å². The smallest absolute Gasteiger partial charge is 0.373 e. The van der Waals surface area contributed by atoms with Crippen LogP contribution in [0.15, 0.2) is 24.5 Å². The van der Waals surface area contributed by atoms with Gasteiger partial charge in [-0.2, -0.15) is 4.98 Å². The Morgan fingerprint density at radius 2 is 2.09 bits per heavy atom. The van der Waals surface area contributed by atoms with Gasteiger partial charge in [0.15, 0.2) is 0 Å². The number of carbonyl (C=O) groups is 2. The Labute approximate surface area is 195 Å². The zero-order chi connectivity index (χ0) is 23.9. The van der Waals surface area contributed by atoms with E-state index in [4.69, 9.17) is 16.3 Å². The molecule has 1 unspecified atom stereocenters. The van der Waals surface area contributed by atoms with Gasteiger partial charge in [-0.3, -0.25) is 9.48 Å². The molecule has 0 bridgehead atoms. The molecule has 0 spiro atoms. The number of aromatic nitrogens is 4. The average molecular weight is 475 g/mol. The topological polar surface area (TPSA) is 94.3 Å². The first-order valence-electron chi connectivity index (χ1n) is 10.4. The zero-order valence-corrected chi connectivity index (χ0v) is 19.5. The van der Waals surface area contributed by atoms with Crippen molar-refractivity contribution >= 4 is 29.3 Å². The predicted octanol–water partition coefficient (Wildman–Crippen LogP) is 4.02. The minimum absolute atomic E-state index is 0.0202. The fourth-order valence-electron chi connectivity index (χ4n) is 4.29. The van der Waals surface area contributed by atoms with Crippen LogP contribution in [0.2, 0.25) is 5.02 Å². The van der Waals surface area contributed by atoms with Crippen LogP contribution in [-0.2, 0) is 20.5 Å². The quantitative estimate of drug-likeness (QED) is 0.616. The Morgan fingerprint density at radius 1 is 1.33 bits per heavy atom. The molecule has 4 rings (SSSR count). The Morgan fingerprint density at radius 3 is 2.76 bits per heavy atom. The van der Waals surface area contributed by atoms with Crippen molar-refractivity contribution in [3.63, 3.8) is 0 Å². The van der Waals surface area contributed by atoms with Crippen LogP contribution >= 0.6 is 11.6 Å². The summed E-state index contributed by atoms with van der Waals surface area (Å²) in [6.07, 6.45) is 3.10. The van der Waals surface area contributed by atoms with E-state index in [1.54, 1.807) is 14.1 Å². The summed E-state index contributed by atoms with van der Waals surface area (Å²) in [5.41, 5.74) is 3.59. The normalized spacial score (nSPS) is 15.2. The van der Waals surface area contributed by atoms with E-state index < -0.39 is 11.9 Å². The highest BCUT2D eigenvalue weighted by Gasteiger charge is 2.35. The van der Waals surface area contributed by atoms with Gasteiger partial charge in [-0.1, -0.05) is 11.6 Å². The lowest BCUT2D eigenvalue weighted by Gasteiger charge is -2.31. The summed E-state index contributed by atoms with van der Waals surface area (Å²) in [5, 5.41) is 6.71. The van der Waals surface area contributed by atoms with Gasteiger partial charge >= 0.3 is 12.1 Å². The lowest BCUT2D eigenvalue weighted by atomic mass is 9.87. The molecule has 1 N–H and O–H groups in total. The lowest BCUT2D eigenvalue weighted by molar-refractivity contribution is 0.101. The van der Waals surface area contributed by atoms with Crippen LogP contribution in [0.1, 0.15) is 46.2 Å². The van der Waals surface area contributed by atoms with Gasteiger partial charge in [0.05, 0.1) is 11.1 Å². The highest BCUT2D eigenvalue weighted by Crippen LogP contribution is 2.39. The summed E-state index contributed by atoms with van der Waals surface area (Å²) in [6, 6.07) is 3.75. The highest BCUT2D eigenvalue weighted by molar-refractivity contribution is 6.31. The third kappa shape index (κ3) is 4.30. The highest BCUT2D eigenvalue weighted by atomic mass is 35.5. The third-order valence-corrected chi connectivity index (χ3v) is 6.27. The molecule has 2 aromatic heterocycles. The van der Waals surface area contributed by atoms with E-state index in [9.17, 15) is 14.0 Å². The van der Waals surface area contributed by atoms with Crippen molar-refractivity contribution in [1.29, 1.82) is 0 Å².